The summed E-state index contributed by atoms with van der Waals surface area (Å²) in [6.45, 7) is 5.81. The quantitative estimate of drug-likeness (QED) is 0.762. The molecule has 3 aromatic rings. The third-order valence-electron chi connectivity index (χ3n) is 3.60. The zero-order valence-electron chi connectivity index (χ0n) is 13.0. The molecule has 2 aromatic carbocycles. The van der Waals surface area contributed by atoms with E-state index in [4.69, 9.17) is 0 Å². The zero-order valence-corrected chi connectivity index (χ0v) is 13.0. The number of amides is 1. The molecule has 0 fully saturated rings. The van der Waals surface area contributed by atoms with Crippen molar-refractivity contribution in [1.82, 2.24) is 9.97 Å². The maximum Gasteiger partial charge on any atom is 0.226 e. The van der Waals surface area contributed by atoms with Crippen molar-refractivity contribution in [3.8, 4) is 11.4 Å². The van der Waals surface area contributed by atoms with E-state index in [-0.39, 0.29) is 11.8 Å². The number of aromatic nitrogens is 2. The molecule has 0 saturated carbocycles. The maximum absolute atomic E-state index is 11.8. The number of carbonyl (C=O) groups excluding carboxylic acids is 1. The van der Waals surface area contributed by atoms with Gasteiger partial charge in [0.05, 0.1) is 11.0 Å². The normalized spacial score (nSPS) is 11.1. The minimum atomic E-state index is -0.0435. The van der Waals surface area contributed by atoms with Gasteiger partial charge in [0.2, 0.25) is 5.91 Å². The van der Waals surface area contributed by atoms with E-state index in [1.54, 1.807) is 0 Å². The molecule has 4 nitrogen and oxygen atoms in total. The lowest BCUT2D eigenvalue weighted by Crippen LogP contribution is -2.17. The highest BCUT2D eigenvalue weighted by molar-refractivity contribution is 5.94. The number of imidazole rings is 1. The van der Waals surface area contributed by atoms with Gasteiger partial charge in [0.25, 0.3) is 0 Å². The number of rotatable bonds is 3. The molecule has 22 heavy (non-hydrogen) atoms. The molecule has 1 aromatic heterocycles. The Bertz CT molecular complexity index is 816. The number of aryl methyl sites for hydroxylation is 1. The molecule has 4 heteroatoms. The zero-order chi connectivity index (χ0) is 15.7. The number of nitrogens with zero attached hydrogens (tertiary/aromatic N) is 1. The number of anilines is 1. The summed E-state index contributed by atoms with van der Waals surface area (Å²) in [5, 5.41) is 2.90. The largest absolute Gasteiger partial charge is 0.338 e. The van der Waals surface area contributed by atoms with Crippen molar-refractivity contribution in [3.05, 3.63) is 48.0 Å². The topological polar surface area (TPSA) is 57.8 Å². The minimum Gasteiger partial charge on any atom is -0.338 e. The predicted molar refractivity (Wildman–Crippen MR) is 89.7 cm³/mol. The van der Waals surface area contributed by atoms with Crippen LogP contribution < -0.4 is 5.32 Å². The third-order valence-corrected chi connectivity index (χ3v) is 3.60. The molecule has 0 atom stereocenters. The van der Waals surface area contributed by atoms with Gasteiger partial charge < -0.3 is 10.3 Å². The van der Waals surface area contributed by atoms with Gasteiger partial charge in [-0.3, -0.25) is 4.79 Å². The SMILES string of the molecule is Cc1ccc(-c2nc3cc(NC(=O)C(C)C)ccc3[nH]2)cc1. The lowest BCUT2D eigenvalue weighted by molar-refractivity contribution is -0.118. The second-order valence-corrected chi connectivity index (χ2v) is 5.83. The number of nitrogens with one attached hydrogen (secondary N) is 2. The molecule has 3 rings (SSSR count). The van der Waals surface area contributed by atoms with Gasteiger partial charge in [0, 0.05) is 17.2 Å². The molecular formula is C18H19N3O. The number of hydrogen-bond acceptors (Lipinski definition) is 2. The average Bonchev–Trinajstić information content (AvgIpc) is 2.91. The molecule has 0 saturated heterocycles. The van der Waals surface area contributed by atoms with E-state index in [1.807, 2.05) is 32.0 Å². The Balaban J connectivity index is 1.93. The van der Waals surface area contributed by atoms with E-state index in [1.165, 1.54) is 5.56 Å². The Morgan fingerprint density at radius 2 is 1.86 bits per heavy atom. The van der Waals surface area contributed by atoms with Gasteiger partial charge in [-0.05, 0) is 25.1 Å². The Morgan fingerprint density at radius 1 is 1.14 bits per heavy atom. The predicted octanol–water partition coefficient (Wildman–Crippen LogP) is 4.13. The lowest BCUT2D eigenvalue weighted by atomic mass is 10.1. The standard InChI is InChI=1S/C18H19N3O/c1-11(2)18(22)19-14-8-9-15-16(10-14)21-17(20-15)13-6-4-12(3)5-7-13/h4-11H,1-3H3,(H,19,22)(H,20,21). The van der Waals surface area contributed by atoms with Crippen LogP contribution in [0.3, 0.4) is 0 Å². The van der Waals surface area contributed by atoms with Gasteiger partial charge in [-0.1, -0.05) is 43.7 Å². The van der Waals surface area contributed by atoms with Crippen LogP contribution in [0.1, 0.15) is 19.4 Å². The minimum absolute atomic E-state index is 0.00800. The highest BCUT2D eigenvalue weighted by atomic mass is 16.1. The molecule has 1 heterocycles. The molecule has 0 unspecified atom stereocenters. The number of benzene rings is 2. The Morgan fingerprint density at radius 3 is 2.55 bits per heavy atom. The van der Waals surface area contributed by atoms with E-state index in [0.717, 1.165) is 28.1 Å². The molecule has 0 aliphatic heterocycles. The molecule has 0 bridgehead atoms. The van der Waals surface area contributed by atoms with Crippen LogP contribution in [0.15, 0.2) is 42.5 Å². The van der Waals surface area contributed by atoms with Crippen LogP contribution in [0.25, 0.3) is 22.4 Å². The van der Waals surface area contributed by atoms with E-state index >= 15 is 0 Å². The van der Waals surface area contributed by atoms with Crippen molar-refractivity contribution in [3.63, 3.8) is 0 Å². The van der Waals surface area contributed by atoms with Crippen LogP contribution in [-0.2, 0) is 4.79 Å². The summed E-state index contributed by atoms with van der Waals surface area (Å²) >= 11 is 0. The van der Waals surface area contributed by atoms with Gasteiger partial charge in [-0.15, -0.1) is 0 Å². The number of hydrogen-bond donors (Lipinski definition) is 2. The summed E-state index contributed by atoms with van der Waals surface area (Å²) in [5.74, 6) is 0.800. The molecule has 1 amide bonds. The van der Waals surface area contributed by atoms with Crippen LogP contribution in [0.4, 0.5) is 5.69 Å². The monoisotopic (exact) mass is 293 g/mol. The van der Waals surface area contributed by atoms with Crippen molar-refractivity contribution in [1.29, 1.82) is 0 Å². The summed E-state index contributed by atoms with van der Waals surface area (Å²) < 4.78 is 0. The molecule has 0 aliphatic carbocycles. The smallest absolute Gasteiger partial charge is 0.226 e. The highest BCUT2D eigenvalue weighted by Crippen LogP contribution is 2.23. The highest BCUT2D eigenvalue weighted by Gasteiger charge is 2.09. The average molecular weight is 293 g/mol. The van der Waals surface area contributed by atoms with Crippen molar-refractivity contribution < 1.29 is 4.79 Å². The Kier molecular flexibility index (Phi) is 3.67. The summed E-state index contributed by atoms with van der Waals surface area (Å²) in [5.41, 5.74) is 4.84. The molecule has 0 aliphatic rings. The number of H-pyrrole nitrogens is 1. The molecule has 2 N–H and O–H groups in total. The van der Waals surface area contributed by atoms with Crippen LogP contribution in [0, 0.1) is 12.8 Å². The van der Waals surface area contributed by atoms with Crippen molar-refractivity contribution in [2.45, 2.75) is 20.8 Å². The van der Waals surface area contributed by atoms with Gasteiger partial charge in [0.1, 0.15) is 5.82 Å². The van der Waals surface area contributed by atoms with Crippen LogP contribution in [-0.4, -0.2) is 15.9 Å². The molecule has 0 spiro atoms. The first-order valence-electron chi connectivity index (χ1n) is 7.40. The number of fused-ring (bicyclic) bond motifs is 1. The van der Waals surface area contributed by atoms with Crippen LogP contribution in [0.2, 0.25) is 0 Å². The fourth-order valence-electron chi connectivity index (χ4n) is 2.22. The molecule has 112 valence electrons. The van der Waals surface area contributed by atoms with Gasteiger partial charge >= 0.3 is 0 Å². The summed E-state index contributed by atoms with van der Waals surface area (Å²) in [4.78, 5) is 19.7. The van der Waals surface area contributed by atoms with E-state index in [2.05, 4.69) is 46.5 Å². The maximum atomic E-state index is 11.8. The van der Waals surface area contributed by atoms with Crippen molar-refractivity contribution in [2.75, 3.05) is 5.32 Å². The fourth-order valence-corrected chi connectivity index (χ4v) is 2.22. The van der Waals surface area contributed by atoms with E-state index < -0.39 is 0 Å². The second kappa shape index (κ2) is 5.64. The summed E-state index contributed by atoms with van der Waals surface area (Å²) in [6.07, 6.45) is 0. The summed E-state index contributed by atoms with van der Waals surface area (Å²) in [7, 11) is 0. The van der Waals surface area contributed by atoms with Gasteiger partial charge in [-0.2, -0.15) is 0 Å². The first-order valence-corrected chi connectivity index (χ1v) is 7.40. The third kappa shape index (κ3) is 2.86. The Hall–Kier alpha value is -2.62. The van der Waals surface area contributed by atoms with Crippen LogP contribution in [0.5, 0.6) is 0 Å². The molecule has 0 radical (unpaired) electrons. The van der Waals surface area contributed by atoms with Crippen molar-refractivity contribution in [2.24, 2.45) is 5.92 Å². The first kappa shape index (κ1) is 14.3. The number of carbonyl (C=O) groups is 1. The molecular weight excluding hydrogens is 274 g/mol. The van der Waals surface area contributed by atoms with Crippen molar-refractivity contribution >= 4 is 22.6 Å². The lowest BCUT2D eigenvalue weighted by Gasteiger charge is -2.06. The Labute approximate surface area is 129 Å². The van der Waals surface area contributed by atoms with Gasteiger partial charge in [0.15, 0.2) is 0 Å². The van der Waals surface area contributed by atoms with Crippen LogP contribution >= 0.6 is 0 Å². The van der Waals surface area contributed by atoms with Gasteiger partial charge in [-0.25, -0.2) is 4.98 Å². The van der Waals surface area contributed by atoms with E-state index in [9.17, 15) is 4.79 Å². The van der Waals surface area contributed by atoms with E-state index in [0.29, 0.717) is 0 Å². The second-order valence-electron chi connectivity index (χ2n) is 5.83. The summed E-state index contributed by atoms with van der Waals surface area (Å²) in [6, 6.07) is 14.0. The first-order chi connectivity index (χ1) is 10.5. The fraction of sp³-hybridized carbons (Fsp3) is 0.222. The number of aromatic amines is 1.